The molecule has 0 aliphatic carbocycles. The Kier molecular flexibility index (Phi) is 8.05. The van der Waals surface area contributed by atoms with Crippen LogP contribution in [0.15, 0.2) is 0 Å². The van der Waals surface area contributed by atoms with Crippen LogP contribution in [0, 0.1) is 0 Å². The van der Waals surface area contributed by atoms with Crippen LogP contribution in [0.1, 0.15) is 6.42 Å². The number of nitrogens with one attached hydrogen (secondary N) is 1. The first kappa shape index (κ1) is 8.54. The summed E-state index contributed by atoms with van der Waals surface area (Å²) < 4.78 is 0. The topological polar surface area (TPSA) is 12.0 Å². The van der Waals surface area contributed by atoms with Gasteiger partial charge in [0.1, 0.15) is 0 Å². The molecule has 0 unspecified atom stereocenters. The zero-order chi connectivity index (χ0) is 6.24. The fourth-order valence-corrected chi connectivity index (χ4v) is 0.651. The first-order valence-corrected chi connectivity index (χ1v) is 3.81. The Morgan fingerprint density at radius 1 is 1.00 bits per heavy atom. The fourth-order valence-electron chi connectivity index (χ4n) is 0.384. The van der Waals surface area contributed by atoms with Crippen LogP contribution in [0.25, 0.3) is 0 Å². The average Bonchev–Trinajstić information content (AvgIpc) is 1.81. The summed E-state index contributed by atoms with van der Waals surface area (Å²) in [6, 6.07) is 0. The first-order valence-electron chi connectivity index (χ1n) is 2.74. The molecule has 0 fully saturated rings. The molecule has 50 valence electrons. The molecule has 0 radical (unpaired) electrons. The lowest BCUT2D eigenvalue weighted by molar-refractivity contribution is 0.708. The van der Waals surface area contributed by atoms with Gasteiger partial charge < -0.3 is 5.32 Å². The van der Waals surface area contributed by atoms with Crippen molar-refractivity contribution in [2.45, 2.75) is 6.42 Å². The molecule has 0 bridgehead atoms. The molecule has 0 saturated carbocycles. The quantitative estimate of drug-likeness (QED) is 0.469. The molecule has 0 aliphatic heterocycles. The molecule has 0 aromatic carbocycles. The van der Waals surface area contributed by atoms with Gasteiger partial charge in [-0.3, -0.25) is 0 Å². The van der Waals surface area contributed by atoms with Crippen molar-refractivity contribution in [3.63, 3.8) is 0 Å². The Balaban J connectivity index is 2.53. The van der Waals surface area contributed by atoms with Crippen LogP contribution in [-0.4, -0.2) is 24.8 Å². The highest BCUT2D eigenvalue weighted by Crippen LogP contribution is 1.80. The molecule has 1 N–H and O–H groups in total. The maximum Gasteiger partial charge on any atom is 0.0348 e. The van der Waals surface area contributed by atoms with Crippen LogP contribution in [0.2, 0.25) is 0 Å². The van der Waals surface area contributed by atoms with Gasteiger partial charge in [0.15, 0.2) is 0 Å². The standard InChI is InChI=1S/C5H11Cl2N/c6-2-1-4-8-5-3-7/h8H,1-5H2. The molecule has 0 aromatic rings. The van der Waals surface area contributed by atoms with Crippen molar-refractivity contribution in [2.24, 2.45) is 0 Å². The third-order valence-electron chi connectivity index (χ3n) is 0.758. The van der Waals surface area contributed by atoms with Gasteiger partial charge in [0.25, 0.3) is 0 Å². The van der Waals surface area contributed by atoms with Crippen molar-refractivity contribution in [2.75, 3.05) is 24.8 Å². The number of halogens is 2. The van der Waals surface area contributed by atoms with E-state index in [0.717, 1.165) is 25.4 Å². The predicted molar refractivity (Wildman–Crippen MR) is 38.9 cm³/mol. The summed E-state index contributed by atoms with van der Waals surface area (Å²) in [7, 11) is 0. The van der Waals surface area contributed by atoms with E-state index in [4.69, 9.17) is 23.2 Å². The molecule has 0 spiro atoms. The van der Waals surface area contributed by atoms with Crippen molar-refractivity contribution in [1.29, 1.82) is 0 Å². The van der Waals surface area contributed by atoms with E-state index >= 15 is 0 Å². The molecule has 0 atom stereocenters. The van der Waals surface area contributed by atoms with E-state index in [1.165, 1.54) is 0 Å². The van der Waals surface area contributed by atoms with Crippen LogP contribution >= 0.6 is 23.2 Å². The molecule has 0 aromatic heterocycles. The first-order chi connectivity index (χ1) is 3.91. The SMILES string of the molecule is ClCCCNCCCl. The molecule has 0 heterocycles. The maximum absolute atomic E-state index is 5.41. The Morgan fingerprint density at radius 3 is 2.25 bits per heavy atom. The van der Waals surface area contributed by atoms with Crippen LogP contribution in [0.5, 0.6) is 0 Å². The highest BCUT2D eigenvalue weighted by molar-refractivity contribution is 6.18. The highest BCUT2D eigenvalue weighted by atomic mass is 35.5. The van der Waals surface area contributed by atoms with Crippen molar-refractivity contribution in [3.05, 3.63) is 0 Å². The Morgan fingerprint density at radius 2 is 1.75 bits per heavy atom. The zero-order valence-electron chi connectivity index (χ0n) is 4.79. The van der Waals surface area contributed by atoms with Crippen LogP contribution < -0.4 is 5.32 Å². The zero-order valence-corrected chi connectivity index (χ0v) is 6.30. The molecule has 0 amide bonds. The lowest BCUT2D eigenvalue weighted by Crippen LogP contribution is -2.17. The summed E-state index contributed by atoms with van der Waals surface area (Å²) in [5, 5.41) is 3.12. The molecule has 0 saturated heterocycles. The minimum absolute atomic E-state index is 0.683. The smallest absolute Gasteiger partial charge is 0.0348 e. The maximum atomic E-state index is 5.41. The number of rotatable bonds is 5. The van der Waals surface area contributed by atoms with Gasteiger partial charge in [-0.1, -0.05) is 0 Å². The molecular weight excluding hydrogens is 145 g/mol. The van der Waals surface area contributed by atoms with Gasteiger partial charge in [0.05, 0.1) is 0 Å². The third-order valence-corrected chi connectivity index (χ3v) is 1.21. The Bertz CT molecular complexity index is 35.4. The second kappa shape index (κ2) is 7.54. The average molecular weight is 156 g/mol. The van der Waals surface area contributed by atoms with E-state index < -0.39 is 0 Å². The van der Waals surface area contributed by atoms with Gasteiger partial charge in [-0.2, -0.15) is 0 Å². The second-order valence-electron chi connectivity index (χ2n) is 1.48. The normalized spacial score (nSPS) is 9.75. The van der Waals surface area contributed by atoms with Gasteiger partial charge >= 0.3 is 0 Å². The minimum atomic E-state index is 0.683. The van der Waals surface area contributed by atoms with Gasteiger partial charge in [0.2, 0.25) is 0 Å². The van der Waals surface area contributed by atoms with Crippen LogP contribution in [0.4, 0.5) is 0 Å². The van der Waals surface area contributed by atoms with Crippen molar-refractivity contribution in [1.82, 2.24) is 5.32 Å². The van der Waals surface area contributed by atoms with Crippen molar-refractivity contribution < 1.29 is 0 Å². The lowest BCUT2D eigenvalue weighted by Gasteiger charge is -1.96. The highest BCUT2D eigenvalue weighted by Gasteiger charge is 1.82. The van der Waals surface area contributed by atoms with E-state index in [9.17, 15) is 0 Å². The predicted octanol–water partition coefficient (Wildman–Crippen LogP) is 1.44. The fraction of sp³-hybridized carbons (Fsp3) is 1.00. The Hall–Kier alpha value is 0.540. The van der Waals surface area contributed by atoms with Crippen molar-refractivity contribution in [3.8, 4) is 0 Å². The lowest BCUT2D eigenvalue weighted by atomic mass is 10.5. The van der Waals surface area contributed by atoms with E-state index in [-0.39, 0.29) is 0 Å². The van der Waals surface area contributed by atoms with E-state index in [1.807, 2.05) is 0 Å². The summed E-state index contributed by atoms with van der Waals surface area (Å²) in [4.78, 5) is 0. The van der Waals surface area contributed by atoms with E-state index in [0.29, 0.717) is 5.88 Å². The van der Waals surface area contributed by atoms with Gasteiger partial charge in [-0.05, 0) is 13.0 Å². The van der Waals surface area contributed by atoms with E-state index in [1.54, 1.807) is 0 Å². The van der Waals surface area contributed by atoms with Gasteiger partial charge in [-0.15, -0.1) is 23.2 Å². The van der Waals surface area contributed by atoms with Gasteiger partial charge in [-0.25, -0.2) is 0 Å². The van der Waals surface area contributed by atoms with E-state index in [2.05, 4.69) is 5.32 Å². The summed E-state index contributed by atoms with van der Waals surface area (Å²) in [5.41, 5.74) is 0. The number of hydrogen-bond donors (Lipinski definition) is 1. The summed E-state index contributed by atoms with van der Waals surface area (Å²) in [6.45, 7) is 1.87. The summed E-state index contributed by atoms with van der Waals surface area (Å²) >= 11 is 10.8. The van der Waals surface area contributed by atoms with Crippen LogP contribution in [0.3, 0.4) is 0 Å². The molecule has 1 nitrogen and oxygen atoms in total. The summed E-state index contributed by atoms with van der Waals surface area (Å²) in [6.07, 6.45) is 1.03. The second-order valence-corrected chi connectivity index (χ2v) is 2.24. The largest absolute Gasteiger partial charge is 0.316 e. The summed E-state index contributed by atoms with van der Waals surface area (Å²) in [5.74, 6) is 1.41. The monoisotopic (exact) mass is 155 g/mol. The molecule has 0 rings (SSSR count). The van der Waals surface area contributed by atoms with Crippen LogP contribution in [-0.2, 0) is 0 Å². The molecule has 0 aliphatic rings. The Labute approximate surface area is 60.4 Å². The van der Waals surface area contributed by atoms with Gasteiger partial charge in [0, 0.05) is 18.3 Å². The third kappa shape index (κ3) is 6.54. The number of hydrogen-bond acceptors (Lipinski definition) is 1. The molecule has 8 heavy (non-hydrogen) atoms. The van der Waals surface area contributed by atoms with Crippen molar-refractivity contribution >= 4 is 23.2 Å². The molecular formula is C5H11Cl2N. The minimum Gasteiger partial charge on any atom is -0.316 e. The molecule has 3 heteroatoms. The number of alkyl halides is 2.